The first-order valence-electron chi connectivity index (χ1n) is 2.89. The number of hydrogen-bond acceptors (Lipinski definition) is 3. The molecule has 0 radical (unpaired) electrons. The van der Waals surface area contributed by atoms with E-state index in [4.69, 9.17) is 5.11 Å². The van der Waals surface area contributed by atoms with Crippen LogP contribution < -0.4 is 0 Å². The zero-order chi connectivity index (χ0) is 9.07. The summed E-state index contributed by atoms with van der Waals surface area (Å²) in [7, 11) is 1.21. The average molecular weight is 225 g/mol. The molecule has 64 valence electrons. The van der Waals surface area contributed by atoms with E-state index in [0.717, 1.165) is 0 Å². The molecule has 5 heteroatoms. The topological polar surface area (TPSA) is 63.6 Å². The minimum absolute atomic E-state index is 0.292. The Balaban J connectivity index is 4.21. The summed E-state index contributed by atoms with van der Waals surface area (Å²) in [6.07, 6.45) is -0.292. The van der Waals surface area contributed by atoms with Crippen LogP contribution in [0.2, 0.25) is 0 Å². The van der Waals surface area contributed by atoms with Crippen molar-refractivity contribution < 1.29 is 19.4 Å². The molecule has 1 N–H and O–H groups in total. The Bertz CT molecular complexity index is 175. The van der Waals surface area contributed by atoms with Crippen LogP contribution in [0.15, 0.2) is 0 Å². The van der Waals surface area contributed by atoms with E-state index in [1.54, 1.807) is 0 Å². The molecule has 0 heterocycles. The molecule has 0 rings (SSSR count). The Kier molecular flexibility index (Phi) is 3.51. The van der Waals surface area contributed by atoms with Crippen molar-refractivity contribution in [3.05, 3.63) is 0 Å². The van der Waals surface area contributed by atoms with E-state index in [0.29, 0.717) is 0 Å². The van der Waals surface area contributed by atoms with Gasteiger partial charge in [-0.2, -0.15) is 0 Å². The van der Waals surface area contributed by atoms with Crippen molar-refractivity contribution in [2.24, 2.45) is 0 Å². The third kappa shape index (κ3) is 3.36. The summed E-state index contributed by atoms with van der Waals surface area (Å²) in [6, 6.07) is 0. The SMILES string of the molecule is COC(=O)C(C)(Br)CC(=O)O. The molecule has 0 saturated heterocycles. The quantitative estimate of drug-likeness (QED) is 0.569. The van der Waals surface area contributed by atoms with Gasteiger partial charge in [-0.25, -0.2) is 0 Å². The van der Waals surface area contributed by atoms with Crippen LogP contribution in [-0.4, -0.2) is 28.5 Å². The van der Waals surface area contributed by atoms with Crippen molar-refractivity contribution in [1.29, 1.82) is 0 Å². The minimum Gasteiger partial charge on any atom is -0.481 e. The first-order valence-corrected chi connectivity index (χ1v) is 3.68. The number of halogens is 1. The maximum atomic E-state index is 10.8. The summed E-state index contributed by atoms with van der Waals surface area (Å²) in [5.41, 5.74) is 0. The molecule has 0 aromatic heterocycles. The zero-order valence-corrected chi connectivity index (χ0v) is 7.84. The predicted molar refractivity (Wildman–Crippen MR) is 41.6 cm³/mol. The fourth-order valence-electron chi connectivity index (χ4n) is 0.569. The van der Waals surface area contributed by atoms with E-state index in [-0.39, 0.29) is 6.42 Å². The Morgan fingerprint density at radius 3 is 2.36 bits per heavy atom. The van der Waals surface area contributed by atoms with Crippen molar-refractivity contribution in [2.45, 2.75) is 17.7 Å². The number of alkyl halides is 1. The van der Waals surface area contributed by atoms with Gasteiger partial charge in [0.25, 0.3) is 0 Å². The summed E-state index contributed by atoms with van der Waals surface area (Å²) < 4.78 is 3.25. The Morgan fingerprint density at radius 1 is 1.64 bits per heavy atom. The van der Waals surface area contributed by atoms with Crippen LogP contribution in [-0.2, 0) is 14.3 Å². The smallest absolute Gasteiger partial charge is 0.322 e. The van der Waals surface area contributed by atoms with Gasteiger partial charge in [0.1, 0.15) is 4.32 Å². The van der Waals surface area contributed by atoms with E-state index < -0.39 is 16.3 Å². The molecule has 0 fully saturated rings. The van der Waals surface area contributed by atoms with Crippen LogP contribution in [0.1, 0.15) is 13.3 Å². The van der Waals surface area contributed by atoms with Crippen molar-refractivity contribution in [3.63, 3.8) is 0 Å². The minimum atomic E-state index is -1.12. The molecule has 1 unspecified atom stereocenters. The number of rotatable bonds is 3. The van der Waals surface area contributed by atoms with Gasteiger partial charge in [0.05, 0.1) is 13.5 Å². The largest absolute Gasteiger partial charge is 0.481 e. The molecule has 11 heavy (non-hydrogen) atoms. The molecule has 1 atom stereocenters. The second kappa shape index (κ2) is 3.71. The lowest BCUT2D eigenvalue weighted by atomic mass is 10.1. The molecule has 0 aliphatic rings. The number of aliphatic carboxylic acids is 1. The summed E-state index contributed by atoms with van der Waals surface area (Å²) in [5, 5.41) is 8.36. The van der Waals surface area contributed by atoms with Crippen molar-refractivity contribution in [3.8, 4) is 0 Å². The molecule has 0 saturated carbocycles. The van der Waals surface area contributed by atoms with E-state index in [1.807, 2.05) is 0 Å². The van der Waals surface area contributed by atoms with Gasteiger partial charge in [-0.1, -0.05) is 15.9 Å². The molecule has 0 aliphatic carbocycles. The molecule has 0 bridgehead atoms. The number of methoxy groups -OCH3 is 1. The second-order valence-electron chi connectivity index (χ2n) is 2.26. The van der Waals surface area contributed by atoms with Crippen LogP contribution in [0.25, 0.3) is 0 Å². The number of carbonyl (C=O) groups is 2. The highest BCUT2D eigenvalue weighted by atomic mass is 79.9. The number of carboxylic acid groups (broad SMARTS) is 1. The first kappa shape index (κ1) is 10.4. The number of hydrogen-bond donors (Lipinski definition) is 1. The van der Waals surface area contributed by atoms with Crippen LogP contribution in [0.4, 0.5) is 0 Å². The summed E-state index contributed by atoms with van der Waals surface area (Å²) in [4.78, 5) is 21.0. The van der Waals surface area contributed by atoms with Gasteiger partial charge in [-0.15, -0.1) is 0 Å². The molecule has 0 aliphatic heterocycles. The highest BCUT2D eigenvalue weighted by Crippen LogP contribution is 2.22. The van der Waals surface area contributed by atoms with Gasteiger partial charge >= 0.3 is 11.9 Å². The summed E-state index contributed by atoms with van der Waals surface area (Å²) >= 11 is 2.95. The maximum absolute atomic E-state index is 10.8. The lowest BCUT2D eigenvalue weighted by molar-refractivity contribution is -0.147. The first-order chi connectivity index (χ1) is 4.90. The Hall–Kier alpha value is -0.580. The molecular weight excluding hydrogens is 216 g/mol. The third-order valence-electron chi connectivity index (χ3n) is 1.09. The lowest BCUT2D eigenvalue weighted by Crippen LogP contribution is -2.32. The van der Waals surface area contributed by atoms with Gasteiger partial charge in [0, 0.05) is 0 Å². The normalized spacial score (nSPS) is 15.2. The molecule has 0 spiro atoms. The molecular formula is C6H9BrO4. The number of carbonyl (C=O) groups excluding carboxylic acids is 1. The van der Waals surface area contributed by atoms with Gasteiger partial charge in [0.2, 0.25) is 0 Å². The highest BCUT2D eigenvalue weighted by Gasteiger charge is 2.33. The monoisotopic (exact) mass is 224 g/mol. The molecule has 0 aromatic carbocycles. The van der Waals surface area contributed by atoms with Gasteiger partial charge in [-0.3, -0.25) is 9.59 Å². The number of carboxylic acids is 1. The van der Waals surface area contributed by atoms with Crippen molar-refractivity contribution in [2.75, 3.05) is 7.11 Å². The molecule has 4 nitrogen and oxygen atoms in total. The van der Waals surface area contributed by atoms with Crippen molar-refractivity contribution in [1.82, 2.24) is 0 Å². The predicted octanol–water partition coefficient (Wildman–Crippen LogP) is 0.788. The van der Waals surface area contributed by atoms with E-state index in [9.17, 15) is 9.59 Å². The summed E-state index contributed by atoms with van der Waals surface area (Å²) in [5.74, 6) is -1.63. The Morgan fingerprint density at radius 2 is 2.09 bits per heavy atom. The fourth-order valence-corrected chi connectivity index (χ4v) is 0.971. The standard InChI is InChI=1S/C6H9BrO4/c1-6(7,3-4(8)9)5(10)11-2/h3H2,1-2H3,(H,8,9). The van der Waals surface area contributed by atoms with Crippen LogP contribution in [0, 0.1) is 0 Å². The highest BCUT2D eigenvalue weighted by molar-refractivity contribution is 9.10. The number of ether oxygens (including phenoxy) is 1. The third-order valence-corrected chi connectivity index (χ3v) is 1.70. The summed E-state index contributed by atoms with van der Waals surface area (Å²) in [6.45, 7) is 1.45. The zero-order valence-electron chi connectivity index (χ0n) is 6.26. The average Bonchev–Trinajstić information content (AvgIpc) is 1.83. The maximum Gasteiger partial charge on any atom is 0.322 e. The number of esters is 1. The van der Waals surface area contributed by atoms with Crippen molar-refractivity contribution >= 4 is 27.9 Å². The lowest BCUT2D eigenvalue weighted by Gasteiger charge is -2.15. The van der Waals surface area contributed by atoms with Gasteiger partial charge < -0.3 is 9.84 Å². The Labute approximate surface area is 72.7 Å². The van der Waals surface area contributed by atoms with E-state index in [1.165, 1.54) is 14.0 Å². The van der Waals surface area contributed by atoms with Crippen LogP contribution in [0.5, 0.6) is 0 Å². The van der Waals surface area contributed by atoms with Crippen LogP contribution >= 0.6 is 15.9 Å². The second-order valence-corrected chi connectivity index (χ2v) is 4.01. The fraction of sp³-hybridized carbons (Fsp3) is 0.667. The van der Waals surface area contributed by atoms with E-state index >= 15 is 0 Å². The van der Waals surface area contributed by atoms with Gasteiger partial charge in [0.15, 0.2) is 0 Å². The van der Waals surface area contributed by atoms with E-state index in [2.05, 4.69) is 20.7 Å². The molecule has 0 aromatic rings. The molecule has 0 amide bonds. The van der Waals surface area contributed by atoms with Crippen LogP contribution in [0.3, 0.4) is 0 Å². The van der Waals surface area contributed by atoms with Gasteiger partial charge in [-0.05, 0) is 6.92 Å².